The number of allylic oxidation sites excluding steroid dienone is 4. The van der Waals surface area contributed by atoms with Crippen molar-refractivity contribution >= 4 is 17.5 Å². The van der Waals surface area contributed by atoms with Crippen molar-refractivity contribution < 1.29 is 9.90 Å². The lowest BCUT2D eigenvalue weighted by atomic mass is 9.85. The van der Waals surface area contributed by atoms with Crippen molar-refractivity contribution in [1.82, 2.24) is 15.8 Å². The smallest absolute Gasteiger partial charge is 0.248 e. The van der Waals surface area contributed by atoms with E-state index in [9.17, 15) is 4.79 Å². The molecule has 25 heavy (non-hydrogen) atoms. The van der Waals surface area contributed by atoms with Crippen LogP contribution in [0.3, 0.4) is 0 Å². The molecule has 0 aromatic carbocycles. The molecule has 0 aliphatic carbocycles. The Morgan fingerprint density at radius 3 is 2.36 bits per heavy atom. The van der Waals surface area contributed by atoms with Gasteiger partial charge in [-0.3, -0.25) is 15.6 Å². The zero-order chi connectivity index (χ0) is 19.2. The van der Waals surface area contributed by atoms with Crippen LogP contribution in [0.5, 0.6) is 0 Å². The van der Waals surface area contributed by atoms with Gasteiger partial charge in [-0.2, -0.15) is 0 Å². The van der Waals surface area contributed by atoms with Gasteiger partial charge in [-0.05, 0) is 56.9 Å². The number of hydrazine groups is 1. The Hall–Kier alpha value is -1.14. The van der Waals surface area contributed by atoms with Gasteiger partial charge in [0.05, 0.1) is 0 Å². The van der Waals surface area contributed by atoms with E-state index < -0.39 is 6.61 Å². The van der Waals surface area contributed by atoms with E-state index in [1.165, 1.54) is 11.1 Å². The zero-order valence-corrected chi connectivity index (χ0v) is 17.0. The monoisotopic (exact) mass is 371 g/mol. The first kappa shape index (κ1) is 23.9. The Morgan fingerprint density at radius 1 is 1.32 bits per heavy atom. The maximum Gasteiger partial charge on any atom is 0.248 e. The number of aliphatic hydroxyl groups excluding tert-OH is 1. The Labute approximate surface area is 157 Å². The average Bonchev–Trinajstić information content (AvgIpc) is 2.64. The van der Waals surface area contributed by atoms with Crippen molar-refractivity contribution in [3.63, 3.8) is 0 Å². The number of aliphatic hydroxyl groups is 1. The SMILES string of the molecule is CC.C\C=C/C(CNNC)=C(\C=C(/C)Cl)C1CCN(C(=O)CO)CC1. The first-order chi connectivity index (χ1) is 12.0. The van der Waals surface area contributed by atoms with Crippen molar-refractivity contribution in [3.8, 4) is 0 Å². The molecule has 1 amide bonds. The summed E-state index contributed by atoms with van der Waals surface area (Å²) in [5.74, 6) is 0.167. The van der Waals surface area contributed by atoms with E-state index in [-0.39, 0.29) is 5.91 Å². The van der Waals surface area contributed by atoms with Crippen molar-refractivity contribution in [3.05, 3.63) is 34.4 Å². The molecule has 1 aliphatic rings. The fourth-order valence-electron chi connectivity index (χ4n) is 2.87. The first-order valence-corrected chi connectivity index (χ1v) is 9.39. The molecule has 5 nitrogen and oxygen atoms in total. The second-order valence-electron chi connectivity index (χ2n) is 5.63. The van der Waals surface area contributed by atoms with Gasteiger partial charge >= 0.3 is 0 Å². The van der Waals surface area contributed by atoms with Crippen LogP contribution in [-0.4, -0.2) is 49.2 Å². The average molecular weight is 372 g/mol. The molecule has 0 bridgehead atoms. The highest BCUT2D eigenvalue weighted by molar-refractivity contribution is 6.29. The first-order valence-electron chi connectivity index (χ1n) is 9.01. The van der Waals surface area contributed by atoms with E-state index in [4.69, 9.17) is 16.7 Å². The predicted octanol–water partition coefficient (Wildman–Crippen LogP) is 2.98. The van der Waals surface area contributed by atoms with Gasteiger partial charge in [0.1, 0.15) is 6.61 Å². The maximum absolute atomic E-state index is 11.6. The van der Waals surface area contributed by atoms with Crippen LogP contribution in [0.25, 0.3) is 0 Å². The standard InChI is InChI=1S/C17H28ClN3O2.C2H6/c1-4-5-15(11-20-19-3)16(10-13(2)18)14-6-8-21(9-7-14)17(23)12-22;1-2/h4-5,10,14,19-20,22H,6-9,11-12H2,1-3H3;1-2H3/b5-4-,13-10+,16-15-;. The van der Waals surface area contributed by atoms with Crippen LogP contribution in [0.15, 0.2) is 34.4 Å². The molecule has 0 aromatic heterocycles. The van der Waals surface area contributed by atoms with Gasteiger partial charge in [-0.1, -0.05) is 37.6 Å². The summed E-state index contributed by atoms with van der Waals surface area (Å²) in [6, 6.07) is 0. The molecule has 0 spiro atoms. The number of amides is 1. The van der Waals surface area contributed by atoms with Crippen molar-refractivity contribution in [2.45, 2.75) is 40.5 Å². The molecule has 0 unspecified atom stereocenters. The summed E-state index contributed by atoms with van der Waals surface area (Å²) in [5.41, 5.74) is 8.48. The number of nitrogens with one attached hydrogen (secondary N) is 2. The fourth-order valence-corrected chi connectivity index (χ4v) is 2.99. The Balaban J connectivity index is 0.00000277. The van der Waals surface area contributed by atoms with E-state index >= 15 is 0 Å². The molecule has 1 rings (SSSR count). The molecule has 3 N–H and O–H groups in total. The molecule has 1 saturated heterocycles. The number of hydrogen-bond donors (Lipinski definition) is 3. The number of carbonyl (C=O) groups excluding carboxylic acids is 1. The van der Waals surface area contributed by atoms with Gasteiger partial charge < -0.3 is 10.0 Å². The molecule has 0 atom stereocenters. The van der Waals surface area contributed by atoms with Crippen LogP contribution in [0.1, 0.15) is 40.5 Å². The predicted molar refractivity (Wildman–Crippen MR) is 106 cm³/mol. The summed E-state index contributed by atoms with van der Waals surface area (Å²) in [7, 11) is 1.84. The van der Waals surface area contributed by atoms with Crippen LogP contribution in [-0.2, 0) is 4.79 Å². The summed E-state index contributed by atoms with van der Waals surface area (Å²) in [4.78, 5) is 13.3. The Kier molecular flexibility index (Phi) is 13.4. The number of halogens is 1. The van der Waals surface area contributed by atoms with Crippen molar-refractivity contribution in [2.24, 2.45) is 5.92 Å². The molecule has 6 heteroatoms. The third-order valence-electron chi connectivity index (χ3n) is 3.97. The second kappa shape index (κ2) is 14.1. The number of likely N-dealkylation sites (tertiary alicyclic amines) is 1. The minimum Gasteiger partial charge on any atom is -0.387 e. The fraction of sp³-hybridized carbons (Fsp3) is 0.632. The van der Waals surface area contributed by atoms with Gasteiger partial charge in [0, 0.05) is 24.7 Å². The van der Waals surface area contributed by atoms with Gasteiger partial charge in [0.25, 0.3) is 0 Å². The van der Waals surface area contributed by atoms with Crippen LogP contribution in [0.4, 0.5) is 0 Å². The quantitative estimate of drug-likeness (QED) is 0.475. The van der Waals surface area contributed by atoms with Crippen molar-refractivity contribution in [2.75, 3.05) is 33.3 Å². The summed E-state index contributed by atoms with van der Waals surface area (Å²) in [6.45, 7) is 9.51. The van der Waals surface area contributed by atoms with Gasteiger partial charge in [0.15, 0.2) is 0 Å². The number of piperidine rings is 1. The molecule has 1 aliphatic heterocycles. The lowest BCUT2D eigenvalue weighted by Crippen LogP contribution is -2.40. The number of hydrogen-bond acceptors (Lipinski definition) is 4. The highest BCUT2D eigenvalue weighted by Gasteiger charge is 2.25. The minimum atomic E-state index is -0.413. The summed E-state index contributed by atoms with van der Waals surface area (Å²) < 4.78 is 0. The largest absolute Gasteiger partial charge is 0.387 e. The van der Waals surface area contributed by atoms with Gasteiger partial charge in [0.2, 0.25) is 5.91 Å². The summed E-state index contributed by atoms with van der Waals surface area (Å²) in [5, 5.41) is 9.73. The molecule has 1 heterocycles. The summed E-state index contributed by atoms with van der Waals surface area (Å²) in [6.07, 6.45) is 7.91. The third-order valence-corrected chi connectivity index (χ3v) is 4.08. The molecule has 0 radical (unpaired) electrons. The summed E-state index contributed by atoms with van der Waals surface area (Å²) >= 11 is 6.14. The zero-order valence-electron chi connectivity index (χ0n) is 16.2. The van der Waals surface area contributed by atoms with E-state index in [2.05, 4.69) is 16.9 Å². The van der Waals surface area contributed by atoms with Crippen LogP contribution in [0, 0.1) is 5.92 Å². The van der Waals surface area contributed by atoms with E-state index in [1.54, 1.807) is 4.90 Å². The minimum absolute atomic E-state index is 0.191. The van der Waals surface area contributed by atoms with E-state index in [0.717, 1.165) is 17.9 Å². The number of nitrogens with zero attached hydrogens (tertiary/aromatic N) is 1. The van der Waals surface area contributed by atoms with Crippen LogP contribution in [0.2, 0.25) is 0 Å². The molecule has 0 aromatic rings. The lowest BCUT2D eigenvalue weighted by Gasteiger charge is -2.33. The van der Waals surface area contributed by atoms with E-state index in [1.807, 2.05) is 46.9 Å². The Morgan fingerprint density at radius 2 is 1.92 bits per heavy atom. The molecular weight excluding hydrogens is 338 g/mol. The topological polar surface area (TPSA) is 64.6 Å². The normalized spacial score (nSPS) is 17.2. The lowest BCUT2D eigenvalue weighted by molar-refractivity contribution is -0.135. The second-order valence-corrected chi connectivity index (χ2v) is 6.22. The van der Waals surface area contributed by atoms with E-state index in [0.29, 0.717) is 25.6 Å². The molecule has 0 saturated carbocycles. The number of carbonyl (C=O) groups is 1. The third kappa shape index (κ3) is 8.68. The van der Waals surface area contributed by atoms with Crippen molar-refractivity contribution in [1.29, 1.82) is 0 Å². The van der Waals surface area contributed by atoms with Gasteiger partial charge in [-0.25, -0.2) is 0 Å². The molecule has 144 valence electrons. The Bertz CT molecular complexity index is 475. The highest BCUT2D eigenvalue weighted by Crippen LogP contribution is 2.29. The maximum atomic E-state index is 11.6. The van der Waals surface area contributed by atoms with Crippen LogP contribution < -0.4 is 10.9 Å². The van der Waals surface area contributed by atoms with Gasteiger partial charge in [-0.15, -0.1) is 0 Å². The molecular formula is C19H34ClN3O2. The number of rotatable bonds is 7. The highest BCUT2D eigenvalue weighted by atomic mass is 35.5. The van der Waals surface area contributed by atoms with Crippen LogP contribution >= 0.6 is 11.6 Å². The molecule has 1 fully saturated rings.